The molecule has 1 amide bonds. The van der Waals surface area contributed by atoms with E-state index in [9.17, 15) is 9.36 Å². The summed E-state index contributed by atoms with van der Waals surface area (Å²) in [5, 5.41) is 2.69. The van der Waals surface area contributed by atoms with E-state index in [1.165, 1.54) is 0 Å². The van der Waals surface area contributed by atoms with Crippen molar-refractivity contribution in [3.05, 3.63) is 84.4 Å². The molecule has 0 heterocycles. The van der Waals surface area contributed by atoms with E-state index >= 15 is 0 Å². The van der Waals surface area contributed by atoms with Gasteiger partial charge in [0, 0.05) is 0 Å². The van der Waals surface area contributed by atoms with Gasteiger partial charge in [-0.3, -0.25) is 0 Å². The van der Waals surface area contributed by atoms with E-state index in [-0.39, 0.29) is 6.61 Å². The summed E-state index contributed by atoms with van der Waals surface area (Å²) in [7, 11) is -0.877. The molecule has 1 unspecified atom stereocenters. The van der Waals surface area contributed by atoms with E-state index in [1.807, 2.05) is 37.3 Å². The van der Waals surface area contributed by atoms with Crippen LogP contribution in [-0.2, 0) is 15.9 Å². The van der Waals surface area contributed by atoms with Crippen LogP contribution in [0.15, 0.2) is 78.9 Å². The first-order chi connectivity index (χ1) is 17.0. The Morgan fingerprint density at radius 1 is 0.800 bits per heavy atom. The quantitative estimate of drug-likeness (QED) is 0.288. The maximum Gasteiger partial charge on any atom is 0.453 e. The zero-order valence-electron chi connectivity index (χ0n) is 20.0. The lowest BCUT2D eigenvalue weighted by Gasteiger charge is -2.28. The van der Waals surface area contributed by atoms with Gasteiger partial charge in [-0.15, -0.1) is 0 Å². The normalized spacial score (nSPS) is 11.7. The minimum atomic E-state index is -3.98. The van der Waals surface area contributed by atoms with Crippen LogP contribution in [0.5, 0.6) is 23.0 Å². The first-order valence-electron chi connectivity index (χ1n) is 11.2. The van der Waals surface area contributed by atoms with Gasteiger partial charge in [0.05, 0.1) is 14.2 Å². The maximum atomic E-state index is 14.2. The Morgan fingerprint density at radius 3 is 1.74 bits per heavy atom. The van der Waals surface area contributed by atoms with E-state index in [2.05, 4.69) is 5.32 Å². The van der Waals surface area contributed by atoms with E-state index in [4.69, 9.17) is 23.3 Å². The van der Waals surface area contributed by atoms with Gasteiger partial charge in [0.25, 0.3) is 0 Å². The lowest BCUT2D eigenvalue weighted by molar-refractivity contribution is 0.137. The Balaban J connectivity index is 1.82. The fourth-order valence-electron chi connectivity index (χ4n) is 3.20. The molecule has 0 aliphatic carbocycles. The lowest BCUT2D eigenvalue weighted by Crippen LogP contribution is -2.37. The third kappa shape index (κ3) is 7.69. The molecule has 0 fully saturated rings. The van der Waals surface area contributed by atoms with Crippen molar-refractivity contribution in [3.8, 4) is 23.0 Å². The van der Waals surface area contributed by atoms with Gasteiger partial charge < -0.3 is 28.6 Å². The van der Waals surface area contributed by atoms with Crippen molar-refractivity contribution in [2.45, 2.75) is 32.2 Å². The fourth-order valence-corrected chi connectivity index (χ4v) is 5.16. The topological polar surface area (TPSA) is 92.3 Å². The second-order valence-corrected chi connectivity index (χ2v) is 9.65. The average molecular weight is 500 g/mol. The van der Waals surface area contributed by atoms with Gasteiger partial charge >= 0.3 is 13.7 Å². The molecule has 35 heavy (non-hydrogen) atoms. The van der Waals surface area contributed by atoms with Gasteiger partial charge in [0.2, 0.25) is 0 Å². The van der Waals surface area contributed by atoms with Crippen molar-refractivity contribution in [2.75, 3.05) is 14.2 Å². The Morgan fingerprint density at radius 2 is 1.29 bits per heavy atom. The van der Waals surface area contributed by atoms with Gasteiger partial charge in [-0.25, -0.2) is 9.36 Å². The molecule has 3 aromatic rings. The minimum Gasteiger partial charge on any atom is -0.497 e. The van der Waals surface area contributed by atoms with Crippen molar-refractivity contribution in [1.29, 1.82) is 0 Å². The molecule has 3 rings (SSSR count). The molecule has 0 spiro atoms. The first-order valence-corrected chi connectivity index (χ1v) is 12.8. The van der Waals surface area contributed by atoms with Gasteiger partial charge in [-0.05, 0) is 60.5 Å². The van der Waals surface area contributed by atoms with Crippen LogP contribution >= 0.6 is 7.60 Å². The SMILES string of the molecule is CCCC(NC(=O)OCc1ccccc1)P(=O)(Oc1ccc(OC)cc1)Oc1ccc(OC)cc1. The maximum absolute atomic E-state index is 14.2. The molecular formula is C26H30NO7P. The predicted molar refractivity (Wildman–Crippen MR) is 133 cm³/mol. The smallest absolute Gasteiger partial charge is 0.453 e. The average Bonchev–Trinajstić information content (AvgIpc) is 2.88. The van der Waals surface area contributed by atoms with Crippen LogP contribution in [0.3, 0.4) is 0 Å². The highest BCUT2D eigenvalue weighted by molar-refractivity contribution is 7.55. The molecule has 9 heteroatoms. The zero-order valence-corrected chi connectivity index (χ0v) is 20.9. The number of amides is 1. The molecule has 0 radical (unpaired) electrons. The Hall–Kier alpha value is -3.64. The van der Waals surface area contributed by atoms with Gasteiger partial charge in [0.1, 0.15) is 29.6 Å². The third-order valence-corrected chi connectivity index (χ3v) is 7.11. The molecule has 0 aliphatic heterocycles. The van der Waals surface area contributed by atoms with Crippen LogP contribution in [-0.4, -0.2) is 26.1 Å². The highest BCUT2D eigenvalue weighted by atomic mass is 31.2. The monoisotopic (exact) mass is 499 g/mol. The summed E-state index contributed by atoms with van der Waals surface area (Å²) in [6, 6.07) is 22.5. The fraction of sp³-hybridized carbons (Fsp3) is 0.269. The second kappa shape index (κ2) is 12.7. The van der Waals surface area contributed by atoms with Crippen molar-refractivity contribution in [2.24, 2.45) is 0 Å². The number of nitrogens with one attached hydrogen (secondary N) is 1. The molecular weight excluding hydrogens is 469 g/mol. The van der Waals surface area contributed by atoms with Crippen molar-refractivity contribution < 1.29 is 32.6 Å². The summed E-state index contributed by atoms with van der Waals surface area (Å²) < 4.78 is 41.7. The molecule has 0 bridgehead atoms. The van der Waals surface area contributed by atoms with Gasteiger partial charge in [-0.1, -0.05) is 43.7 Å². The number of carbonyl (C=O) groups excluding carboxylic acids is 1. The largest absolute Gasteiger partial charge is 0.497 e. The number of ether oxygens (including phenoxy) is 3. The molecule has 1 atom stereocenters. The highest BCUT2D eigenvalue weighted by Gasteiger charge is 2.40. The summed E-state index contributed by atoms with van der Waals surface area (Å²) in [6.07, 6.45) is 0.236. The highest BCUT2D eigenvalue weighted by Crippen LogP contribution is 2.53. The number of benzene rings is 3. The molecule has 1 N–H and O–H groups in total. The molecule has 8 nitrogen and oxygen atoms in total. The van der Waals surface area contributed by atoms with E-state index in [1.54, 1.807) is 62.8 Å². The second-order valence-electron chi connectivity index (χ2n) is 7.58. The summed E-state index contributed by atoms with van der Waals surface area (Å²) in [6.45, 7) is 1.99. The molecule has 3 aromatic carbocycles. The standard InChI is InChI=1S/C26H30NO7P/c1-4-8-25(27-26(28)32-19-20-9-6-5-7-10-20)35(29,33-23-15-11-21(30-2)12-16-23)34-24-17-13-22(31-3)14-18-24/h5-7,9-18,25H,4,8,19H2,1-3H3,(H,27,28). The van der Waals surface area contributed by atoms with Crippen LogP contribution in [0, 0.1) is 0 Å². The predicted octanol–water partition coefficient (Wildman–Crippen LogP) is 6.41. The van der Waals surface area contributed by atoms with Gasteiger partial charge in [-0.2, -0.15) is 0 Å². The Kier molecular flexibility index (Phi) is 9.44. The molecule has 0 aromatic heterocycles. The number of alkyl carbamates (subject to hydrolysis) is 1. The van der Waals surface area contributed by atoms with E-state index in [0.29, 0.717) is 35.8 Å². The molecule has 0 saturated heterocycles. The number of methoxy groups -OCH3 is 2. The van der Waals surface area contributed by atoms with Crippen molar-refractivity contribution in [1.82, 2.24) is 5.32 Å². The number of rotatable bonds is 12. The van der Waals surface area contributed by atoms with Crippen molar-refractivity contribution >= 4 is 13.7 Å². The third-order valence-electron chi connectivity index (χ3n) is 5.03. The van der Waals surface area contributed by atoms with E-state index < -0.39 is 19.5 Å². The number of hydrogen-bond donors (Lipinski definition) is 1. The molecule has 0 aliphatic rings. The molecule has 186 valence electrons. The number of hydrogen-bond acceptors (Lipinski definition) is 7. The van der Waals surface area contributed by atoms with E-state index in [0.717, 1.165) is 5.56 Å². The Labute approximate surface area is 205 Å². The summed E-state index contributed by atoms with van der Waals surface area (Å²) in [5.41, 5.74) is 0.835. The summed E-state index contributed by atoms with van der Waals surface area (Å²) >= 11 is 0. The minimum absolute atomic E-state index is 0.0779. The summed E-state index contributed by atoms with van der Waals surface area (Å²) in [4.78, 5) is 12.6. The molecule has 0 saturated carbocycles. The van der Waals surface area contributed by atoms with Gasteiger partial charge in [0.15, 0.2) is 5.78 Å². The van der Waals surface area contributed by atoms with Crippen molar-refractivity contribution in [3.63, 3.8) is 0 Å². The van der Waals surface area contributed by atoms with Crippen LogP contribution in [0.2, 0.25) is 0 Å². The Bertz CT molecular complexity index is 1050. The van der Waals surface area contributed by atoms with Crippen LogP contribution in [0.1, 0.15) is 25.3 Å². The van der Waals surface area contributed by atoms with Crippen LogP contribution in [0.25, 0.3) is 0 Å². The zero-order chi connectivity index (χ0) is 25.1. The van der Waals surface area contributed by atoms with Crippen LogP contribution in [0.4, 0.5) is 4.79 Å². The van der Waals surface area contributed by atoms with Crippen LogP contribution < -0.4 is 23.8 Å². The first kappa shape index (κ1) is 26.0. The summed E-state index contributed by atoms with van der Waals surface area (Å²) in [5.74, 6) is 0.901. The number of carbonyl (C=O) groups is 1. The lowest BCUT2D eigenvalue weighted by atomic mass is 10.2.